The van der Waals surface area contributed by atoms with Gasteiger partial charge in [-0.05, 0) is 55.4 Å². The van der Waals surface area contributed by atoms with E-state index in [9.17, 15) is 9.18 Å². The van der Waals surface area contributed by atoms with Gasteiger partial charge >= 0.3 is 0 Å². The minimum Gasteiger partial charge on any atom is -0.294 e. The molecule has 0 amide bonds. The number of Topliss-reactive ketones (excluding diaryl/α,β-unsaturated/α-hetero) is 1. The summed E-state index contributed by atoms with van der Waals surface area (Å²) in [6, 6.07) is 5.98. The molecule has 0 heterocycles. The first-order chi connectivity index (χ1) is 8.09. The van der Waals surface area contributed by atoms with E-state index in [1.54, 1.807) is 12.1 Å². The molecule has 1 nitrogen and oxygen atoms in total. The van der Waals surface area contributed by atoms with Gasteiger partial charge in [-0.1, -0.05) is 13.3 Å². The Bertz CT molecular complexity index is 441. The van der Waals surface area contributed by atoms with E-state index in [4.69, 9.17) is 0 Å². The number of hydrogen-bond donors (Lipinski definition) is 0. The number of benzene rings is 1. The van der Waals surface area contributed by atoms with Crippen LogP contribution in [0.25, 0.3) is 0 Å². The van der Waals surface area contributed by atoms with E-state index in [0.717, 1.165) is 19.3 Å². The van der Waals surface area contributed by atoms with E-state index < -0.39 is 0 Å². The van der Waals surface area contributed by atoms with Crippen LogP contribution in [0.4, 0.5) is 4.39 Å². The van der Waals surface area contributed by atoms with Crippen molar-refractivity contribution in [1.29, 1.82) is 0 Å². The van der Waals surface area contributed by atoms with Gasteiger partial charge in [0.05, 0.1) is 0 Å². The molecule has 4 rings (SSSR count). The molecule has 1 aromatic carbocycles. The summed E-state index contributed by atoms with van der Waals surface area (Å²) < 4.78 is 12.8. The SMILES string of the molecule is CCCC12CC(C(=O)c3ccc(F)cc3)(C1)C2. The van der Waals surface area contributed by atoms with Gasteiger partial charge in [-0.2, -0.15) is 0 Å². The van der Waals surface area contributed by atoms with Gasteiger partial charge in [-0.25, -0.2) is 4.39 Å². The Balaban J connectivity index is 1.72. The highest BCUT2D eigenvalue weighted by Gasteiger charge is 2.70. The molecule has 0 radical (unpaired) electrons. The summed E-state index contributed by atoms with van der Waals surface area (Å²) in [7, 11) is 0. The molecular weight excluding hydrogens is 215 g/mol. The molecule has 2 heteroatoms. The topological polar surface area (TPSA) is 17.1 Å². The summed E-state index contributed by atoms with van der Waals surface area (Å²) in [5.41, 5.74) is 1.09. The zero-order valence-corrected chi connectivity index (χ0v) is 10.1. The average molecular weight is 232 g/mol. The second-order valence-electron chi connectivity index (χ2n) is 5.90. The van der Waals surface area contributed by atoms with Gasteiger partial charge in [0.1, 0.15) is 5.82 Å². The van der Waals surface area contributed by atoms with Gasteiger partial charge in [0, 0.05) is 11.0 Å². The lowest BCUT2D eigenvalue weighted by molar-refractivity contribution is -0.172. The molecule has 0 saturated heterocycles. The quantitative estimate of drug-likeness (QED) is 0.718. The van der Waals surface area contributed by atoms with E-state index >= 15 is 0 Å². The third-order valence-electron chi connectivity index (χ3n) is 4.51. The van der Waals surface area contributed by atoms with Gasteiger partial charge in [-0.3, -0.25) is 4.79 Å². The van der Waals surface area contributed by atoms with Crippen molar-refractivity contribution in [2.75, 3.05) is 0 Å². The van der Waals surface area contributed by atoms with Gasteiger partial charge in [0.2, 0.25) is 0 Å². The molecule has 0 spiro atoms. The van der Waals surface area contributed by atoms with Gasteiger partial charge in [0.25, 0.3) is 0 Å². The molecule has 3 saturated carbocycles. The highest BCUT2D eigenvalue weighted by Crippen LogP contribution is 2.75. The smallest absolute Gasteiger partial charge is 0.169 e. The standard InChI is InChI=1S/C15H17FO/c1-2-7-14-8-15(9-14,10-14)13(17)11-3-5-12(16)6-4-11/h3-6H,2,7-10H2,1H3. The van der Waals surface area contributed by atoms with Crippen LogP contribution in [0.5, 0.6) is 0 Å². The first-order valence-corrected chi connectivity index (χ1v) is 6.40. The predicted octanol–water partition coefficient (Wildman–Crippen LogP) is 3.98. The highest BCUT2D eigenvalue weighted by atomic mass is 19.1. The second kappa shape index (κ2) is 3.41. The predicted molar refractivity (Wildman–Crippen MR) is 64.4 cm³/mol. The highest BCUT2D eigenvalue weighted by molar-refractivity contribution is 6.02. The normalized spacial score (nSPS) is 33.8. The van der Waals surface area contributed by atoms with Gasteiger partial charge in [-0.15, -0.1) is 0 Å². The second-order valence-corrected chi connectivity index (χ2v) is 5.90. The zero-order valence-electron chi connectivity index (χ0n) is 10.1. The summed E-state index contributed by atoms with van der Waals surface area (Å²) in [4.78, 5) is 12.3. The monoisotopic (exact) mass is 232 g/mol. The molecule has 0 aliphatic heterocycles. The van der Waals surface area contributed by atoms with Crippen molar-refractivity contribution in [1.82, 2.24) is 0 Å². The summed E-state index contributed by atoms with van der Waals surface area (Å²) in [5, 5.41) is 0. The van der Waals surface area contributed by atoms with Crippen LogP contribution < -0.4 is 0 Å². The van der Waals surface area contributed by atoms with Crippen molar-refractivity contribution in [3.05, 3.63) is 35.6 Å². The largest absolute Gasteiger partial charge is 0.294 e. The Hall–Kier alpha value is -1.18. The fourth-order valence-corrected chi connectivity index (χ4v) is 3.94. The maximum absolute atomic E-state index is 12.8. The molecule has 90 valence electrons. The molecule has 0 atom stereocenters. The molecule has 3 aliphatic rings. The first-order valence-electron chi connectivity index (χ1n) is 6.40. The fourth-order valence-electron chi connectivity index (χ4n) is 3.94. The first kappa shape index (κ1) is 10.9. The Labute approximate surface area is 101 Å². The third-order valence-corrected chi connectivity index (χ3v) is 4.51. The van der Waals surface area contributed by atoms with Crippen LogP contribution in [-0.4, -0.2) is 5.78 Å². The van der Waals surface area contributed by atoms with Crippen LogP contribution in [0.15, 0.2) is 24.3 Å². The maximum Gasteiger partial charge on any atom is 0.169 e. The molecule has 17 heavy (non-hydrogen) atoms. The molecule has 0 N–H and O–H groups in total. The van der Waals surface area contributed by atoms with E-state index in [1.165, 1.54) is 25.0 Å². The Morgan fingerprint density at radius 2 is 1.82 bits per heavy atom. The average Bonchev–Trinajstić information content (AvgIpc) is 2.21. The van der Waals surface area contributed by atoms with Crippen LogP contribution in [-0.2, 0) is 0 Å². The summed E-state index contributed by atoms with van der Waals surface area (Å²) in [5.74, 6) is -0.0444. The van der Waals surface area contributed by atoms with Crippen molar-refractivity contribution in [2.45, 2.75) is 39.0 Å². The summed E-state index contributed by atoms with van der Waals surface area (Å²) >= 11 is 0. The van der Waals surface area contributed by atoms with Crippen LogP contribution >= 0.6 is 0 Å². The number of rotatable bonds is 4. The fraction of sp³-hybridized carbons (Fsp3) is 0.533. The summed E-state index contributed by atoms with van der Waals surface area (Å²) in [6.45, 7) is 2.20. The minimum absolute atomic E-state index is 0.0764. The number of carbonyl (C=O) groups excluding carboxylic acids is 1. The Kier molecular flexibility index (Phi) is 2.19. The molecule has 1 aromatic rings. The van der Waals surface area contributed by atoms with E-state index in [1.807, 2.05) is 0 Å². The number of carbonyl (C=O) groups is 1. The van der Waals surface area contributed by atoms with Crippen molar-refractivity contribution in [2.24, 2.45) is 10.8 Å². The van der Waals surface area contributed by atoms with Gasteiger partial charge < -0.3 is 0 Å². The van der Waals surface area contributed by atoms with Crippen molar-refractivity contribution in [3.8, 4) is 0 Å². The maximum atomic E-state index is 12.8. The number of ketones is 1. The Morgan fingerprint density at radius 1 is 1.24 bits per heavy atom. The summed E-state index contributed by atoms with van der Waals surface area (Å²) in [6.07, 6.45) is 5.64. The lowest BCUT2D eigenvalue weighted by Crippen LogP contribution is -2.65. The van der Waals surface area contributed by atoms with Gasteiger partial charge in [0.15, 0.2) is 5.78 Å². The zero-order chi connectivity index (χ0) is 12.1. The lowest BCUT2D eigenvalue weighted by Gasteiger charge is -2.70. The van der Waals surface area contributed by atoms with E-state index in [-0.39, 0.29) is 17.0 Å². The van der Waals surface area contributed by atoms with Crippen molar-refractivity contribution >= 4 is 5.78 Å². The molecule has 3 aliphatic carbocycles. The number of halogens is 1. The number of hydrogen-bond acceptors (Lipinski definition) is 1. The third kappa shape index (κ3) is 1.46. The van der Waals surface area contributed by atoms with Crippen molar-refractivity contribution in [3.63, 3.8) is 0 Å². The van der Waals surface area contributed by atoms with Crippen molar-refractivity contribution < 1.29 is 9.18 Å². The van der Waals surface area contributed by atoms with Crippen LogP contribution in [0.2, 0.25) is 0 Å². The molecule has 0 aromatic heterocycles. The molecular formula is C15H17FO. The lowest BCUT2D eigenvalue weighted by atomic mass is 9.33. The van der Waals surface area contributed by atoms with Crippen LogP contribution in [0, 0.1) is 16.6 Å². The molecule has 3 fully saturated rings. The molecule has 2 bridgehead atoms. The van der Waals surface area contributed by atoms with E-state index in [0.29, 0.717) is 11.0 Å². The molecule has 0 unspecified atom stereocenters. The Morgan fingerprint density at radius 3 is 2.35 bits per heavy atom. The van der Waals surface area contributed by atoms with Crippen LogP contribution in [0.3, 0.4) is 0 Å². The van der Waals surface area contributed by atoms with E-state index in [2.05, 4.69) is 6.92 Å². The van der Waals surface area contributed by atoms with Crippen LogP contribution in [0.1, 0.15) is 49.4 Å². The minimum atomic E-state index is -0.276.